The fourth-order valence-electron chi connectivity index (χ4n) is 3.14. The molecule has 1 N–H and O–H groups in total. The first-order valence-corrected chi connectivity index (χ1v) is 9.52. The van der Waals surface area contributed by atoms with Gasteiger partial charge in [-0.3, -0.25) is 4.79 Å². The molecular formula is C18H20N6OS. The molecule has 1 aromatic carbocycles. The fourth-order valence-corrected chi connectivity index (χ4v) is 3.66. The number of carbonyl (C=O) groups is 1. The van der Waals surface area contributed by atoms with Gasteiger partial charge in [0.15, 0.2) is 0 Å². The summed E-state index contributed by atoms with van der Waals surface area (Å²) in [6.45, 7) is 4.33. The van der Waals surface area contributed by atoms with Gasteiger partial charge in [-0.15, -0.1) is 0 Å². The summed E-state index contributed by atoms with van der Waals surface area (Å²) in [7, 11) is 0. The Morgan fingerprint density at radius 1 is 1.12 bits per heavy atom. The molecule has 3 aromatic rings. The number of nitrogens with zero attached hydrogens (tertiary/aromatic N) is 5. The zero-order chi connectivity index (χ0) is 17.9. The number of carbonyl (C=O) groups excluding carboxylic acids is 1. The molecular weight excluding hydrogens is 348 g/mol. The molecule has 0 radical (unpaired) electrons. The van der Waals surface area contributed by atoms with Gasteiger partial charge in [0.25, 0.3) is 5.91 Å². The monoisotopic (exact) mass is 368 g/mol. The molecule has 7 nitrogen and oxygen atoms in total. The molecule has 0 unspecified atom stereocenters. The van der Waals surface area contributed by atoms with Crippen molar-refractivity contribution in [2.75, 3.05) is 18.0 Å². The van der Waals surface area contributed by atoms with Crippen LogP contribution in [0.25, 0.3) is 11.0 Å². The van der Waals surface area contributed by atoms with Crippen LogP contribution < -0.4 is 10.2 Å². The summed E-state index contributed by atoms with van der Waals surface area (Å²) >= 11 is 1.15. The van der Waals surface area contributed by atoms with Crippen LogP contribution in [0.2, 0.25) is 0 Å². The topological polar surface area (TPSA) is 83.9 Å². The molecule has 1 aliphatic heterocycles. The summed E-state index contributed by atoms with van der Waals surface area (Å²) in [5.74, 6) is 0.625. The average Bonchev–Trinajstić information content (AvgIpc) is 3.14. The number of fused-ring (bicyclic) bond motifs is 1. The van der Waals surface area contributed by atoms with Gasteiger partial charge < -0.3 is 10.2 Å². The fraction of sp³-hybridized carbons (Fsp3) is 0.389. The average molecular weight is 368 g/mol. The van der Waals surface area contributed by atoms with E-state index >= 15 is 0 Å². The first-order valence-electron chi connectivity index (χ1n) is 8.79. The molecule has 8 heteroatoms. The lowest BCUT2D eigenvalue weighted by Gasteiger charge is -2.27. The third kappa shape index (κ3) is 3.65. The number of hydrogen-bond acceptors (Lipinski definition) is 7. The van der Waals surface area contributed by atoms with Crippen LogP contribution >= 0.6 is 11.7 Å². The predicted octanol–water partition coefficient (Wildman–Crippen LogP) is 2.71. The number of nitrogens with one attached hydrogen (secondary N) is 1. The van der Waals surface area contributed by atoms with Crippen molar-refractivity contribution in [3.63, 3.8) is 0 Å². The van der Waals surface area contributed by atoms with Gasteiger partial charge >= 0.3 is 0 Å². The minimum Gasteiger partial charge on any atom is -0.346 e. The van der Waals surface area contributed by atoms with Gasteiger partial charge in [-0.1, -0.05) is 0 Å². The number of benzene rings is 1. The molecule has 1 saturated heterocycles. The number of aromatic nitrogens is 4. The number of aryl methyl sites for hydroxylation is 1. The largest absolute Gasteiger partial charge is 0.346 e. The van der Waals surface area contributed by atoms with Gasteiger partial charge in [-0.25, -0.2) is 9.97 Å². The molecule has 1 fully saturated rings. The summed E-state index contributed by atoms with van der Waals surface area (Å²) < 4.78 is 8.33. The minimum absolute atomic E-state index is 0.143. The molecule has 0 bridgehead atoms. The van der Waals surface area contributed by atoms with E-state index in [1.165, 1.54) is 19.3 Å². The van der Waals surface area contributed by atoms with Crippen LogP contribution in [-0.4, -0.2) is 37.7 Å². The summed E-state index contributed by atoms with van der Waals surface area (Å²) in [6, 6.07) is 7.26. The van der Waals surface area contributed by atoms with E-state index < -0.39 is 0 Å². The van der Waals surface area contributed by atoms with Crippen molar-refractivity contribution >= 4 is 34.6 Å². The number of piperidine rings is 1. The number of hydrogen-bond donors (Lipinski definition) is 1. The molecule has 134 valence electrons. The van der Waals surface area contributed by atoms with Crippen molar-refractivity contribution in [3.8, 4) is 0 Å². The molecule has 4 rings (SSSR count). The van der Waals surface area contributed by atoms with Gasteiger partial charge in [0.2, 0.25) is 5.95 Å². The smallest absolute Gasteiger partial charge is 0.251 e. The Labute approximate surface area is 155 Å². The maximum absolute atomic E-state index is 12.4. The molecule has 0 atom stereocenters. The van der Waals surface area contributed by atoms with Gasteiger partial charge in [0.1, 0.15) is 11.0 Å². The predicted molar refractivity (Wildman–Crippen MR) is 101 cm³/mol. The van der Waals surface area contributed by atoms with Crippen LogP contribution in [0.5, 0.6) is 0 Å². The van der Waals surface area contributed by atoms with Crippen molar-refractivity contribution in [1.29, 1.82) is 0 Å². The lowest BCUT2D eigenvalue weighted by molar-refractivity contribution is 0.0950. The Bertz CT molecular complexity index is 934. The highest BCUT2D eigenvalue weighted by atomic mass is 32.1. The normalized spacial score (nSPS) is 14.6. The van der Waals surface area contributed by atoms with E-state index in [1.54, 1.807) is 12.1 Å². The van der Waals surface area contributed by atoms with E-state index in [4.69, 9.17) is 0 Å². The summed E-state index contributed by atoms with van der Waals surface area (Å²) in [4.78, 5) is 23.9. The lowest BCUT2D eigenvalue weighted by Crippen LogP contribution is -2.32. The molecule has 26 heavy (non-hydrogen) atoms. The Morgan fingerprint density at radius 3 is 2.77 bits per heavy atom. The first-order chi connectivity index (χ1) is 12.7. The first kappa shape index (κ1) is 16.8. The van der Waals surface area contributed by atoms with E-state index in [2.05, 4.69) is 28.9 Å². The third-order valence-corrected chi connectivity index (χ3v) is 5.04. The maximum Gasteiger partial charge on any atom is 0.251 e. The van der Waals surface area contributed by atoms with Gasteiger partial charge in [0, 0.05) is 24.3 Å². The zero-order valence-corrected chi connectivity index (χ0v) is 15.4. The van der Waals surface area contributed by atoms with Gasteiger partial charge in [-0.2, -0.15) is 8.75 Å². The number of rotatable bonds is 4. The SMILES string of the molecule is Cc1cc(CNC(=O)c2ccc3nsnc3c2)nc(N2CCCCC2)n1. The Balaban J connectivity index is 1.46. The molecule has 1 aliphatic rings. The second-order valence-electron chi connectivity index (χ2n) is 6.50. The summed E-state index contributed by atoms with van der Waals surface area (Å²) in [5.41, 5.74) is 3.87. The van der Waals surface area contributed by atoms with Crippen molar-refractivity contribution in [1.82, 2.24) is 24.0 Å². The zero-order valence-electron chi connectivity index (χ0n) is 14.6. The second-order valence-corrected chi connectivity index (χ2v) is 7.03. The van der Waals surface area contributed by atoms with Crippen molar-refractivity contribution in [3.05, 3.63) is 41.2 Å². The van der Waals surface area contributed by atoms with Crippen molar-refractivity contribution < 1.29 is 4.79 Å². The van der Waals surface area contributed by atoms with Crippen LogP contribution in [0.15, 0.2) is 24.3 Å². The second kappa shape index (κ2) is 7.33. The van der Waals surface area contributed by atoms with E-state index in [9.17, 15) is 4.79 Å². The Hall–Kier alpha value is -2.61. The van der Waals surface area contributed by atoms with Crippen LogP contribution in [0, 0.1) is 6.92 Å². The molecule has 0 aliphatic carbocycles. The minimum atomic E-state index is -0.143. The van der Waals surface area contributed by atoms with Gasteiger partial charge in [-0.05, 0) is 50.5 Å². The maximum atomic E-state index is 12.4. The van der Waals surface area contributed by atoms with E-state index in [-0.39, 0.29) is 5.91 Å². The van der Waals surface area contributed by atoms with Crippen LogP contribution in [0.1, 0.15) is 41.0 Å². The van der Waals surface area contributed by atoms with Crippen molar-refractivity contribution in [2.45, 2.75) is 32.7 Å². The van der Waals surface area contributed by atoms with Gasteiger partial charge in [0.05, 0.1) is 24.0 Å². The Kier molecular flexibility index (Phi) is 4.75. The highest BCUT2D eigenvalue weighted by molar-refractivity contribution is 7.00. The standard InChI is InChI=1S/C18H20N6OS/c1-12-9-14(21-18(20-12)24-7-3-2-4-8-24)11-19-17(25)13-5-6-15-16(10-13)23-26-22-15/h5-6,9-10H,2-4,7-8,11H2,1H3,(H,19,25). The molecule has 0 saturated carbocycles. The van der Waals surface area contributed by atoms with Crippen LogP contribution in [0.4, 0.5) is 5.95 Å². The van der Waals surface area contributed by atoms with E-state index in [1.807, 2.05) is 19.1 Å². The lowest BCUT2D eigenvalue weighted by atomic mass is 10.1. The highest BCUT2D eigenvalue weighted by Crippen LogP contribution is 2.17. The summed E-state index contributed by atoms with van der Waals surface area (Å²) in [6.07, 6.45) is 3.62. The third-order valence-electron chi connectivity index (χ3n) is 4.48. The molecule has 2 aromatic heterocycles. The number of amides is 1. The molecule has 3 heterocycles. The highest BCUT2D eigenvalue weighted by Gasteiger charge is 2.15. The Morgan fingerprint density at radius 2 is 1.92 bits per heavy atom. The quantitative estimate of drug-likeness (QED) is 0.762. The van der Waals surface area contributed by atoms with Crippen LogP contribution in [0.3, 0.4) is 0 Å². The van der Waals surface area contributed by atoms with E-state index in [0.29, 0.717) is 12.1 Å². The molecule has 1 amide bonds. The summed E-state index contributed by atoms with van der Waals surface area (Å²) in [5, 5.41) is 2.94. The molecule has 0 spiro atoms. The van der Waals surface area contributed by atoms with Crippen LogP contribution in [-0.2, 0) is 6.54 Å². The number of anilines is 1. The van der Waals surface area contributed by atoms with E-state index in [0.717, 1.165) is 53.2 Å². The van der Waals surface area contributed by atoms with Crippen molar-refractivity contribution in [2.24, 2.45) is 0 Å².